The smallest absolute Gasteiger partial charge is 0.250 e. The molecule has 5 heteroatoms. The predicted octanol–water partition coefficient (Wildman–Crippen LogP) is 1.71. The van der Waals surface area contributed by atoms with Crippen molar-refractivity contribution in [3.05, 3.63) is 29.8 Å². The van der Waals surface area contributed by atoms with Crippen LogP contribution in [-0.2, 0) is 20.9 Å². The second-order valence-electron chi connectivity index (χ2n) is 5.68. The van der Waals surface area contributed by atoms with E-state index in [-0.39, 0.29) is 17.7 Å². The Labute approximate surface area is 125 Å². The van der Waals surface area contributed by atoms with E-state index in [2.05, 4.69) is 5.32 Å². The Morgan fingerprint density at radius 3 is 2.57 bits per heavy atom. The highest BCUT2D eigenvalue weighted by atomic mass is 16.5. The number of rotatable bonds is 4. The predicted molar refractivity (Wildman–Crippen MR) is 80.9 cm³/mol. The molecule has 2 amide bonds. The van der Waals surface area contributed by atoms with Crippen molar-refractivity contribution in [3.63, 3.8) is 0 Å². The Balaban J connectivity index is 2.44. The SMILES string of the molecule is COCc1ccccc1N1C(=O)C(C(C)C)NC(=O)C1C. The molecule has 0 radical (unpaired) electrons. The van der Waals surface area contributed by atoms with Crippen molar-refractivity contribution in [2.45, 2.75) is 39.5 Å². The molecule has 5 nitrogen and oxygen atoms in total. The third-order valence-corrected chi connectivity index (χ3v) is 3.79. The lowest BCUT2D eigenvalue weighted by molar-refractivity contribution is -0.134. The van der Waals surface area contributed by atoms with Gasteiger partial charge < -0.3 is 10.1 Å². The molecule has 2 rings (SSSR count). The van der Waals surface area contributed by atoms with Crippen molar-refractivity contribution in [2.75, 3.05) is 12.0 Å². The lowest BCUT2D eigenvalue weighted by Gasteiger charge is -2.39. The summed E-state index contributed by atoms with van der Waals surface area (Å²) in [6.45, 7) is 6.00. The second kappa shape index (κ2) is 6.26. The van der Waals surface area contributed by atoms with Gasteiger partial charge in [-0.15, -0.1) is 0 Å². The summed E-state index contributed by atoms with van der Waals surface area (Å²) in [4.78, 5) is 26.5. The van der Waals surface area contributed by atoms with Crippen molar-refractivity contribution < 1.29 is 14.3 Å². The number of carbonyl (C=O) groups excluding carboxylic acids is 2. The third kappa shape index (κ3) is 2.93. The van der Waals surface area contributed by atoms with Gasteiger partial charge >= 0.3 is 0 Å². The summed E-state index contributed by atoms with van der Waals surface area (Å²) in [6, 6.07) is 6.53. The zero-order valence-corrected chi connectivity index (χ0v) is 12.9. The molecule has 2 atom stereocenters. The normalized spacial score (nSPS) is 22.6. The van der Waals surface area contributed by atoms with Gasteiger partial charge in [0.1, 0.15) is 12.1 Å². The molecular formula is C16H22N2O3. The number of ether oxygens (including phenoxy) is 1. The van der Waals surface area contributed by atoms with Crippen LogP contribution >= 0.6 is 0 Å². The van der Waals surface area contributed by atoms with Crippen LogP contribution in [0.4, 0.5) is 5.69 Å². The molecule has 1 heterocycles. The number of amides is 2. The van der Waals surface area contributed by atoms with Crippen LogP contribution in [0.3, 0.4) is 0 Å². The van der Waals surface area contributed by atoms with Crippen molar-refractivity contribution in [1.29, 1.82) is 0 Å². The minimum absolute atomic E-state index is 0.0473. The van der Waals surface area contributed by atoms with Gasteiger partial charge in [-0.3, -0.25) is 14.5 Å². The number of benzene rings is 1. The van der Waals surface area contributed by atoms with Crippen molar-refractivity contribution in [3.8, 4) is 0 Å². The number of hydrogen-bond donors (Lipinski definition) is 1. The Hall–Kier alpha value is -1.88. The van der Waals surface area contributed by atoms with Crippen LogP contribution in [0.15, 0.2) is 24.3 Å². The molecule has 0 saturated carbocycles. The molecule has 2 unspecified atom stereocenters. The number of piperazine rings is 1. The van der Waals surface area contributed by atoms with E-state index in [0.29, 0.717) is 6.61 Å². The largest absolute Gasteiger partial charge is 0.380 e. The van der Waals surface area contributed by atoms with E-state index in [1.165, 1.54) is 0 Å². The summed E-state index contributed by atoms with van der Waals surface area (Å²) in [5.41, 5.74) is 1.65. The zero-order valence-electron chi connectivity index (χ0n) is 12.9. The van der Waals surface area contributed by atoms with Gasteiger partial charge in [0.25, 0.3) is 5.91 Å². The molecule has 1 aromatic rings. The van der Waals surface area contributed by atoms with Gasteiger partial charge in [0, 0.05) is 12.7 Å². The Morgan fingerprint density at radius 1 is 1.29 bits per heavy atom. The van der Waals surface area contributed by atoms with Crippen LogP contribution in [-0.4, -0.2) is 31.0 Å². The number of hydrogen-bond acceptors (Lipinski definition) is 3. The highest BCUT2D eigenvalue weighted by Crippen LogP contribution is 2.27. The number of nitrogens with zero attached hydrogens (tertiary/aromatic N) is 1. The number of anilines is 1. The topological polar surface area (TPSA) is 58.6 Å². The summed E-state index contributed by atoms with van der Waals surface area (Å²) in [5.74, 6) is -0.146. The fourth-order valence-electron chi connectivity index (χ4n) is 2.60. The lowest BCUT2D eigenvalue weighted by Crippen LogP contribution is -2.64. The lowest BCUT2D eigenvalue weighted by atomic mass is 9.97. The summed E-state index contributed by atoms with van der Waals surface area (Å²) >= 11 is 0. The summed E-state index contributed by atoms with van der Waals surface area (Å²) in [6.07, 6.45) is 0. The summed E-state index contributed by atoms with van der Waals surface area (Å²) < 4.78 is 5.19. The van der Waals surface area contributed by atoms with Gasteiger partial charge in [-0.2, -0.15) is 0 Å². The molecule has 1 fully saturated rings. The van der Waals surface area contributed by atoms with E-state index in [0.717, 1.165) is 11.3 Å². The fourth-order valence-corrected chi connectivity index (χ4v) is 2.60. The van der Waals surface area contributed by atoms with Gasteiger partial charge in [-0.1, -0.05) is 32.0 Å². The standard InChI is InChI=1S/C16H22N2O3/c1-10(2)14-16(20)18(11(3)15(19)17-14)13-8-6-5-7-12(13)9-21-4/h5-8,10-11,14H,9H2,1-4H3,(H,17,19). The molecule has 1 saturated heterocycles. The molecule has 1 aliphatic heterocycles. The van der Waals surface area contributed by atoms with Crippen LogP contribution in [0.5, 0.6) is 0 Å². The monoisotopic (exact) mass is 290 g/mol. The van der Waals surface area contributed by atoms with Crippen molar-refractivity contribution >= 4 is 17.5 Å². The number of nitrogens with one attached hydrogen (secondary N) is 1. The first-order valence-electron chi connectivity index (χ1n) is 7.17. The zero-order chi connectivity index (χ0) is 15.6. The molecular weight excluding hydrogens is 268 g/mol. The molecule has 114 valence electrons. The molecule has 0 aliphatic carbocycles. The first-order valence-corrected chi connectivity index (χ1v) is 7.17. The van der Waals surface area contributed by atoms with E-state index >= 15 is 0 Å². The van der Waals surface area contributed by atoms with E-state index in [4.69, 9.17) is 4.74 Å². The maximum Gasteiger partial charge on any atom is 0.250 e. The maximum absolute atomic E-state index is 12.8. The molecule has 1 N–H and O–H groups in total. The summed E-state index contributed by atoms with van der Waals surface area (Å²) in [5, 5.41) is 2.81. The molecule has 1 aromatic carbocycles. The maximum atomic E-state index is 12.8. The highest BCUT2D eigenvalue weighted by Gasteiger charge is 2.40. The summed E-state index contributed by atoms with van der Waals surface area (Å²) in [7, 11) is 1.61. The molecule has 0 aromatic heterocycles. The molecule has 21 heavy (non-hydrogen) atoms. The Bertz CT molecular complexity index is 542. The first-order chi connectivity index (χ1) is 9.97. The van der Waals surface area contributed by atoms with Crippen LogP contribution in [0.25, 0.3) is 0 Å². The van der Waals surface area contributed by atoms with E-state index in [9.17, 15) is 9.59 Å². The van der Waals surface area contributed by atoms with Crippen LogP contribution in [0.1, 0.15) is 26.3 Å². The average Bonchev–Trinajstić information content (AvgIpc) is 2.45. The van der Waals surface area contributed by atoms with Gasteiger partial charge in [0.05, 0.1) is 12.3 Å². The van der Waals surface area contributed by atoms with Crippen LogP contribution in [0, 0.1) is 5.92 Å². The van der Waals surface area contributed by atoms with Gasteiger partial charge in [0.2, 0.25) is 5.91 Å². The van der Waals surface area contributed by atoms with E-state index in [1.54, 1.807) is 18.9 Å². The second-order valence-corrected chi connectivity index (χ2v) is 5.68. The number of methoxy groups -OCH3 is 1. The minimum Gasteiger partial charge on any atom is -0.380 e. The van der Waals surface area contributed by atoms with Crippen LogP contribution in [0.2, 0.25) is 0 Å². The van der Waals surface area contributed by atoms with E-state index < -0.39 is 12.1 Å². The third-order valence-electron chi connectivity index (χ3n) is 3.79. The molecule has 1 aliphatic rings. The first kappa shape index (κ1) is 15.5. The van der Waals surface area contributed by atoms with Crippen molar-refractivity contribution in [2.24, 2.45) is 5.92 Å². The van der Waals surface area contributed by atoms with Gasteiger partial charge in [0.15, 0.2) is 0 Å². The average molecular weight is 290 g/mol. The van der Waals surface area contributed by atoms with Gasteiger partial charge in [-0.05, 0) is 18.9 Å². The number of carbonyl (C=O) groups is 2. The fraction of sp³-hybridized carbons (Fsp3) is 0.500. The Kier molecular flexibility index (Phi) is 4.63. The van der Waals surface area contributed by atoms with Crippen molar-refractivity contribution in [1.82, 2.24) is 5.32 Å². The number of para-hydroxylation sites is 1. The Morgan fingerprint density at radius 2 is 1.95 bits per heavy atom. The quantitative estimate of drug-likeness (QED) is 0.918. The highest BCUT2D eigenvalue weighted by molar-refractivity contribution is 6.08. The van der Waals surface area contributed by atoms with E-state index in [1.807, 2.05) is 38.1 Å². The molecule has 0 spiro atoms. The minimum atomic E-state index is -0.523. The van der Waals surface area contributed by atoms with Crippen LogP contribution < -0.4 is 10.2 Å². The van der Waals surface area contributed by atoms with Gasteiger partial charge in [-0.25, -0.2) is 0 Å². The molecule has 0 bridgehead atoms.